The molecule has 2 aromatic heterocycles. The summed E-state index contributed by atoms with van der Waals surface area (Å²) in [4.78, 5) is 28.7. The van der Waals surface area contributed by atoms with Gasteiger partial charge in [-0.05, 0) is 48.2 Å². The molecule has 0 aliphatic heterocycles. The van der Waals surface area contributed by atoms with Gasteiger partial charge in [-0.15, -0.1) is 0 Å². The molecular formula is C31H29N3O3. The maximum absolute atomic E-state index is 12.8. The van der Waals surface area contributed by atoms with Crippen LogP contribution in [0.2, 0.25) is 0 Å². The lowest BCUT2D eigenvalue weighted by atomic mass is 9.83. The van der Waals surface area contributed by atoms with E-state index in [4.69, 9.17) is 5.11 Å². The van der Waals surface area contributed by atoms with Gasteiger partial charge in [-0.1, -0.05) is 54.6 Å². The lowest BCUT2D eigenvalue weighted by molar-refractivity contribution is -0.131. The van der Waals surface area contributed by atoms with E-state index >= 15 is 0 Å². The Morgan fingerprint density at radius 2 is 1.65 bits per heavy atom. The number of likely N-dealkylation sites (N-methyl/N-ethyl adjacent to an activating group) is 1. The number of aliphatic carboxylic acids is 1. The molecule has 0 aliphatic carbocycles. The number of amides is 1. The third-order valence-electron chi connectivity index (χ3n) is 7.27. The Morgan fingerprint density at radius 1 is 0.973 bits per heavy atom. The van der Waals surface area contributed by atoms with Gasteiger partial charge in [0.15, 0.2) is 0 Å². The van der Waals surface area contributed by atoms with Crippen LogP contribution in [0.3, 0.4) is 0 Å². The number of carboxylic acids is 1. The van der Waals surface area contributed by atoms with E-state index in [1.807, 2.05) is 30.3 Å². The van der Waals surface area contributed by atoms with Gasteiger partial charge >= 0.3 is 5.97 Å². The highest BCUT2D eigenvalue weighted by Gasteiger charge is 2.26. The fourth-order valence-corrected chi connectivity index (χ4v) is 5.34. The molecule has 6 heteroatoms. The van der Waals surface area contributed by atoms with Crippen molar-refractivity contribution >= 4 is 39.4 Å². The van der Waals surface area contributed by atoms with E-state index in [1.54, 1.807) is 7.05 Å². The van der Waals surface area contributed by atoms with Crippen molar-refractivity contribution in [2.45, 2.75) is 19.3 Å². The molecule has 0 spiro atoms. The first-order valence-corrected chi connectivity index (χ1v) is 12.2. The zero-order valence-corrected chi connectivity index (χ0v) is 21.1. The molecule has 3 aromatic carbocycles. The summed E-state index contributed by atoms with van der Waals surface area (Å²) in [6, 6.07) is 24.6. The number of aromatic nitrogens is 2. The van der Waals surface area contributed by atoms with E-state index in [1.165, 1.54) is 38.0 Å². The van der Waals surface area contributed by atoms with Crippen LogP contribution in [0.5, 0.6) is 0 Å². The average molecular weight is 492 g/mol. The number of hydrogen-bond acceptors (Lipinski definition) is 2. The highest BCUT2D eigenvalue weighted by atomic mass is 16.4. The van der Waals surface area contributed by atoms with Crippen LogP contribution in [0.1, 0.15) is 28.3 Å². The summed E-state index contributed by atoms with van der Waals surface area (Å²) in [7, 11) is 3.78. The number of rotatable bonds is 7. The second-order valence-corrected chi connectivity index (χ2v) is 9.32. The molecule has 0 fully saturated rings. The second kappa shape index (κ2) is 9.82. The molecule has 2 N–H and O–H groups in total. The van der Waals surface area contributed by atoms with Crippen LogP contribution in [-0.4, -0.2) is 33.6 Å². The minimum Gasteiger partial charge on any atom is -0.478 e. The minimum absolute atomic E-state index is 0.0152. The van der Waals surface area contributed by atoms with E-state index in [0.29, 0.717) is 6.42 Å². The molecule has 0 bridgehead atoms. The standard InChI is InChI=1S/C31H29N3O3/c1-20-31(23-12-6-9-15-28(23)33(20)2)24(25-19-32-26-13-7-5-11-22(25)26)18-21-10-4-8-14-27(21)34(3)29(35)16-17-30(36)37/h4-17,19,24,32H,18H2,1-3H3,(H,36,37)/b17-16-. The molecule has 1 atom stereocenters. The number of carbonyl (C=O) groups excluding carboxylic acids is 1. The van der Waals surface area contributed by atoms with E-state index in [-0.39, 0.29) is 11.8 Å². The summed E-state index contributed by atoms with van der Waals surface area (Å²) in [6.45, 7) is 2.16. The molecule has 186 valence electrons. The van der Waals surface area contributed by atoms with Crippen LogP contribution in [0.25, 0.3) is 21.8 Å². The van der Waals surface area contributed by atoms with Crippen molar-refractivity contribution in [2.24, 2.45) is 7.05 Å². The zero-order valence-electron chi connectivity index (χ0n) is 21.1. The Bertz CT molecular complexity index is 1660. The fourth-order valence-electron chi connectivity index (χ4n) is 5.34. The summed E-state index contributed by atoms with van der Waals surface area (Å²) in [5.41, 5.74) is 7.68. The summed E-state index contributed by atoms with van der Waals surface area (Å²) in [6.07, 6.45) is 4.72. The van der Waals surface area contributed by atoms with Gasteiger partial charge in [0.2, 0.25) is 0 Å². The number of nitrogens with one attached hydrogen (secondary N) is 1. The first kappa shape index (κ1) is 24.1. The maximum atomic E-state index is 12.8. The van der Waals surface area contributed by atoms with Crippen LogP contribution in [-0.2, 0) is 23.1 Å². The molecule has 1 amide bonds. The average Bonchev–Trinajstić information content (AvgIpc) is 3.45. The molecule has 2 heterocycles. The molecule has 5 aromatic rings. The molecule has 5 rings (SSSR count). The van der Waals surface area contributed by atoms with Crippen molar-refractivity contribution in [1.29, 1.82) is 0 Å². The highest BCUT2D eigenvalue weighted by Crippen LogP contribution is 2.41. The lowest BCUT2D eigenvalue weighted by Crippen LogP contribution is -2.25. The Balaban J connectivity index is 1.67. The number of nitrogens with zero attached hydrogens (tertiary/aromatic N) is 2. The summed E-state index contributed by atoms with van der Waals surface area (Å²) in [5, 5.41) is 11.3. The van der Waals surface area contributed by atoms with Crippen LogP contribution in [0, 0.1) is 6.92 Å². The van der Waals surface area contributed by atoms with Gasteiger partial charge in [-0.25, -0.2) is 4.79 Å². The minimum atomic E-state index is -1.15. The number of anilines is 1. The van der Waals surface area contributed by atoms with Gasteiger partial charge in [0.05, 0.1) is 0 Å². The summed E-state index contributed by atoms with van der Waals surface area (Å²) < 4.78 is 2.24. The number of aromatic amines is 1. The maximum Gasteiger partial charge on any atom is 0.328 e. The van der Waals surface area contributed by atoms with Crippen molar-refractivity contribution in [3.8, 4) is 0 Å². The Kier molecular flexibility index (Phi) is 6.40. The number of para-hydroxylation sites is 3. The van der Waals surface area contributed by atoms with Crippen molar-refractivity contribution in [1.82, 2.24) is 9.55 Å². The van der Waals surface area contributed by atoms with E-state index in [9.17, 15) is 9.59 Å². The first-order valence-electron chi connectivity index (χ1n) is 12.2. The summed E-state index contributed by atoms with van der Waals surface area (Å²) >= 11 is 0. The Morgan fingerprint density at radius 3 is 2.43 bits per heavy atom. The van der Waals surface area contributed by atoms with Crippen molar-refractivity contribution in [3.05, 3.63) is 114 Å². The van der Waals surface area contributed by atoms with E-state index in [0.717, 1.165) is 28.9 Å². The molecule has 0 saturated heterocycles. The van der Waals surface area contributed by atoms with Gasteiger partial charge in [-0.3, -0.25) is 4.79 Å². The smallest absolute Gasteiger partial charge is 0.328 e. The Labute approximate surface area is 215 Å². The van der Waals surface area contributed by atoms with Crippen molar-refractivity contribution < 1.29 is 14.7 Å². The number of hydrogen-bond donors (Lipinski definition) is 2. The fraction of sp³-hybridized carbons (Fsp3) is 0.161. The number of carboxylic acid groups (broad SMARTS) is 1. The molecule has 6 nitrogen and oxygen atoms in total. The molecule has 1 unspecified atom stereocenters. The number of aryl methyl sites for hydroxylation is 1. The molecule has 0 aliphatic rings. The Hall–Kier alpha value is -4.58. The van der Waals surface area contributed by atoms with Gasteiger partial charge in [0, 0.05) is 71.5 Å². The van der Waals surface area contributed by atoms with Gasteiger partial charge in [0.25, 0.3) is 5.91 Å². The molecular weight excluding hydrogens is 462 g/mol. The summed E-state index contributed by atoms with van der Waals surface area (Å²) in [5.74, 6) is -1.53. The van der Waals surface area contributed by atoms with E-state index < -0.39 is 5.97 Å². The van der Waals surface area contributed by atoms with Gasteiger partial charge in [-0.2, -0.15) is 0 Å². The monoisotopic (exact) mass is 491 g/mol. The highest BCUT2D eigenvalue weighted by molar-refractivity contribution is 6.04. The zero-order chi connectivity index (χ0) is 26.1. The number of carbonyl (C=O) groups is 2. The SMILES string of the molecule is Cc1c(C(Cc2ccccc2N(C)C(=O)/C=C\C(=O)O)c2c[nH]c3ccccc23)c2ccccc2n1C. The topological polar surface area (TPSA) is 78.3 Å². The van der Waals surface area contributed by atoms with Gasteiger partial charge in [0.1, 0.15) is 0 Å². The number of H-pyrrole nitrogens is 1. The predicted octanol–water partition coefficient (Wildman–Crippen LogP) is 5.95. The second-order valence-electron chi connectivity index (χ2n) is 9.32. The molecule has 0 radical (unpaired) electrons. The van der Waals surface area contributed by atoms with Crippen LogP contribution in [0.15, 0.2) is 91.1 Å². The van der Waals surface area contributed by atoms with Crippen molar-refractivity contribution in [2.75, 3.05) is 11.9 Å². The predicted molar refractivity (Wildman–Crippen MR) is 148 cm³/mol. The normalized spacial score (nSPS) is 12.4. The van der Waals surface area contributed by atoms with Gasteiger partial charge < -0.3 is 19.6 Å². The van der Waals surface area contributed by atoms with Crippen LogP contribution < -0.4 is 4.90 Å². The number of fused-ring (bicyclic) bond motifs is 2. The third-order valence-corrected chi connectivity index (χ3v) is 7.27. The number of benzene rings is 3. The van der Waals surface area contributed by atoms with Crippen molar-refractivity contribution in [3.63, 3.8) is 0 Å². The lowest BCUT2D eigenvalue weighted by Gasteiger charge is -2.24. The quantitative estimate of drug-likeness (QED) is 0.276. The first-order chi connectivity index (χ1) is 17.9. The van der Waals surface area contributed by atoms with Crippen LogP contribution in [0.4, 0.5) is 5.69 Å². The largest absolute Gasteiger partial charge is 0.478 e. The molecule has 0 saturated carbocycles. The third kappa shape index (κ3) is 4.42. The van der Waals surface area contributed by atoms with E-state index in [2.05, 4.69) is 72.2 Å². The van der Waals surface area contributed by atoms with Crippen LogP contribution >= 0.6 is 0 Å². The molecule has 37 heavy (non-hydrogen) atoms.